The molecule has 1 aromatic heterocycles. The van der Waals surface area contributed by atoms with Crippen LogP contribution in [0.25, 0.3) is 0 Å². The zero-order valence-electron chi connectivity index (χ0n) is 13.4. The van der Waals surface area contributed by atoms with Gasteiger partial charge in [-0.2, -0.15) is 0 Å². The van der Waals surface area contributed by atoms with E-state index in [2.05, 4.69) is 10.3 Å². The fourth-order valence-electron chi connectivity index (χ4n) is 2.05. The smallest absolute Gasteiger partial charge is 0.357 e. The van der Waals surface area contributed by atoms with E-state index in [-0.39, 0.29) is 11.7 Å². The van der Waals surface area contributed by atoms with E-state index in [9.17, 15) is 9.59 Å². The molecule has 1 N–H and O–H groups in total. The number of ether oxygens (including phenoxy) is 1. The lowest BCUT2D eigenvalue weighted by molar-refractivity contribution is -0.129. The summed E-state index contributed by atoms with van der Waals surface area (Å²) in [6, 6.07) is 7.51. The van der Waals surface area contributed by atoms with Gasteiger partial charge in [0.1, 0.15) is 5.69 Å². The number of hydrogen-bond donors (Lipinski definition) is 1. The number of nitrogens with zero attached hydrogens (tertiary/aromatic N) is 1. The molecule has 1 aromatic carbocycles. The van der Waals surface area contributed by atoms with Crippen molar-refractivity contribution in [1.82, 2.24) is 10.3 Å². The summed E-state index contributed by atoms with van der Waals surface area (Å²) < 4.78 is 5.11. The lowest BCUT2D eigenvalue weighted by Gasteiger charge is -2.19. The second-order valence-corrected chi connectivity index (χ2v) is 6.58. The Bertz CT molecular complexity index is 798. The first-order chi connectivity index (χ1) is 11.8. The molecule has 25 heavy (non-hydrogen) atoms. The summed E-state index contributed by atoms with van der Waals surface area (Å²) in [5, 5.41) is 4.03. The van der Waals surface area contributed by atoms with Crippen molar-refractivity contribution < 1.29 is 14.3 Å². The van der Waals surface area contributed by atoms with Crippen molar-refractivity contribution in [1.29, 1.82) is 0 Å². The van der Waals surface area contributed by atoms with E-state index >= 15 is 0 Å². The predicted molar refractivity (Wildman–Crippen MR) is 97.1 cm³/mol. The van der Waals surface area contributed by atoms with Crippen LogP contribution < -0.4 is 5.32 Å². The Kier molecular flexibility index (Phi) is 6.64. The highest BCUT2D eigenvalue weighted by Crippen LogP contribution is 2.26. The summed E-state index contributed by atoms with van der Waals surface area (Å²) in [5.41, 5.74) is 0.732. The van der Waals surface area contributed by atoms with Crippen molar-refractivity contribution in [3.63, 3.8) is 0 Å². The molecule has 2 rings (SSSR count). The Balaban J connectivity index is 1.98. The molecule has 2 atom stereocenters. The first-order valence-electron chi connectivity index (χ1n) is 7.35. The number of benzene rings is 1. The van der Waals surface area contributed by atoms with Gasteiger partial charge in [-0.05, 0) is 43.7 Å². The van der Waals surface area contributed by atoms with Crippen molar-refractivity contribution in [2.24, 2.45) is 0 Å². The molecule has 0 fully saturated rings. The molecular formula is C17H15Cl3N2O3. The third kappa shape index (κ3) is 5.33. The van der Waals surface area contributed by atoms with Gasteiger partial charge in [0, 0.05) is 21.3 Å². The van der Waals surface area contributed by atoms with Crippen LogP contribution >= 0.6 is 34.8 Å². The lowest BCUT2D eigenvalue weighted by atomic mass is 10.1. The second kappa shape index (κ2) is 8.52. The summed E-state index contributed by atoms with van der Waals surface area (Å²) in [5.74, 6) is -1.20. The monoisotopic (exact) mass is 400 g/mol. The van der Waals surface area contributed by atoms with Crippen molar-refractivity contribution >= 4 is 46.7 Å². The fraction of sp³-hybridized carbons (Fsp3) is 0.235. The van der Waals surface area contributed by atoms with Gasteiger partial charge in [0.2, 0.25) is 0 Å². The van der Waals surface area contributed by atoms with E-state index < -0.39 is 18.0 Å². The first-order valence-corrected chi connectivity index (χ1v) is 8.49. The summed E-state index contributed by atoms with van der Waals surface area (Å²) in [7, 11) is 0. The van der Waals surface area contributed by atoms with Crippen molar-refractivity contribution in [2.45, 2.75) is 26.0 Å². The maximum Gasteiger partial charge on any atom is 0.357 e. The minimum atomic E-state index is -1.01. The van der Waals surface area contributed by atoms with E-state index in [1.54, 1.807) is 25.1 Å². The van der Waals surface area contributed by atoms with Gasteiger partial charge in [0.25, 0.3) is 5.91 Å². The molecule has 0 spiro atoms. The third-order valence-electron chi connectivity index (χ3n) is 3.37. The van der Waals surface area contributed by atoms with Crippen molar-refractivity contribution in [3.05, 3.63) is 62.9 Å². The number of amides is 1. The molecule has 0 bridgehead atoms. The van der Waals surface area contributed by atoms with Crippen LogP contribution in [0.15, 0.2) is 36.5 Å². The Morgan fingerprint density at radius 1 is 1.08 bits per heavy atom. The second-order valence-electron chi connectivity index (χ2n) is 5.30. The van der Waals surface area contributed by atoms with E-state index in [0.29, 0.717) is 20.6 Å². The van der Waals surface area contributed by atoms with Crippen molar-refractivity contribution in [3.8, 4) is 0 Å². The van der Waals surface area contributed by atoms with Crippen LogP contribution in [-0.2, 0) is 9.53 Å². The number of aromatic nitrogens is 1. The fourth-order valence-corrected chi connectivity index (χ4v) is 2.78. The molecule has 0 unspecified atom stereocenters. The minimum absolute atomic E-state index is 0.0287. The van der Waals surface area contributed by atoms with Crippen LogP contribution in [0.2, 0.25) is 15.1 Å². The topological polar surface area (TPSA) is 68.3 Å². The number of halogens is 3. The number of pyridine rings is 1. The molecule has 0 saturated heterocycles. The quantitative estimate of drug-likeness (QED) is 0.751. The summed E-state index contributed by atoms with van der Waals surface area (Å²) in [6.07, 6.45) is 0.371. The SMILES string of the molecule is C[C@@H](OC(=O)c1cc(Cl)ccn1)C(=O)N[C@H](C)c1ccc(Cl)cc1Cl. The number of rotatable bonds is 5. The van der Waals surface area contributed by atoms with Gasteiger partial charge in [0.15, 0.2) is 6.10 Å². The minimum Gasteiger partial charge on any atom is -0.448 e. The highest BCUT2D eigenvalue weighted by molar-refractivity contribution is 6.35. The van der Waals surface area contributed by atoms with Gasteiger partial charge in [-0.3, -0.25) is 4.79 Å². The van der Waals surface area contributed by atoms with E-state index in [4.69, 9.17) is 39.5 Å². The van der Waals surface area contributed by atoms with Gasteiger partial charge in [-0.1, -0.05) is 40.9 Å². The molecule has 5 nitrogen and oxygen atoms in total. The number of esters is 1. The molecule has 8 heteroatoms. The maximum atomic E-state index is 12.2. The van der Waals surface area contributed by atoms with Crippen LogP contribution in [0.4, 0.5) is 0 Å². The van der Waals surface area contributed by atoms with Gasteiger partial charge >= 0.3 is 5.97 Å². The molecular weight excluding hydrogens is 387 g/mol. The Labute approximate surface area is 160 Å². The Hall–Kier alpha value is -1.82. The highest BCUT2D eigenvalue weighted by Gasteiger charge is 2.22. The van der Waals surface area contributed by atoms with Gasteiger partial charge in [-0.15, -0.1) is 0 Å². The molecule has 132 valence electrons. The van der Waals surface area contributed by atoms with Gasteiger partial charge < -0.3 is 10.1 Å². The van der Waals surface area contributed by atoms with Crippen LogP contribution in [0.1, 0.15) is 35.9 Å². The third-order valence-corrected chi connectivity index (χ3v) is 4.17. The molecule has 0 aliphatic heterocycles. The van der Waals surface area contributed by atoms with E-state index in [0.717, 1.165) is 0 Å². The van der Waals surface area contributed by atoms with Crippen LogP contribution in [0, 0.1) is 0 Å². The van der Waals surface area contributed by atoms with Crippen molar-refractivity contribution in [2.75, 3.05) is 0 Å². The number of carbonyl (C=O) groups is 2. The van der Waals surface area contributed by atoms with Crippen LogP contribution in [0.5, 0.6) is 0 Å². The summed E-state index contributed by atoms with van der Waals surface area (Å²) >= 11 is 17.8. The average molecular weight is 402 g/mol. The lowest BCUT2D eigenvalue weighted by Crippen LogP contribution is -2.37. The van der Waals surface area contributed by atoms with Crippen LogP contribution in [-0.4, -0.2) is 23.0 Å². The Morgan fingerprint density at radius 2 is 1.76 bits per heavy atom. The zero-order valence-corrected chi connectivity index (χ0v) is 15.7. The molecule has 0 aliphatic carbocycles. The largest absolute Gasteiger partial charge is 0.448 e. The average Bonchev–Trinajstić information content (AvgIpc) is 2.54. The molecule has 1 amide bonds. The van der Waals surface area contributed by atoms with Gasteiger partial charge in [0.05, 0.1) is 6.04 Å². The predicted octanol–water partition coefficient (Wildman–Crippen LogP) is 4.46. The van der Waals surface area contributed by atoms with Gasteiger partial charge in [-0.25, -0.2) is 9.78 Å². The summed E-state index contributed by atoms with van der Waals surface area (Å²) in [6.45, 7) is 3.23. The maximum absolute atomic E-state index is 12.2. The number of nitrogens with one attached hydrogen (secondary N) is 1. The zero-order chi connectivity index (χ0) is 18.6. The summed E-state index contributed by atoms with van der Waals surface area (Å²) in [4.78, 5) is 28.1. The first kappa shape index (κ1) is 19.5. The van der Waals surface area contributed by atoms with Crippen LogP contribution in [0.3, 0.4) is 0 Å². The normalized spacial score (nSPS) is 13.0. The number of hydrogen-bond acceptors (Lipinski definition) is 4. The standard InChI is InChI=1S/C17H15Cl3N2O3/c1-9(13-4-3-11(18)7-14(13)20)22-16(23)10(2)25-17(24)15-8-12(19)5-6-21-15/h3-10H,1-2H3,(H,22,23)/t9-,10-/m1/s1. The molecule has 0 radical (unpaired) electrons. The highest BCUT2D eigenvalue weighted by atomic mass is 35.5. The van der Waals surface area contributed by atoms with E-state index in [1.165, 1.54) is 25.3 Å². The molecule has 1 heterocycles. The Morgan fingerprint density at radius 3 is 2.40 bits per heavy atom. The number of carbonyl (C=O) groups excluding carboxylic acids is 2. The van der Waals surface area contributed by atoms with E-state index in [1.807, 2.05) is 0 Å². The molecule has 0 saturated carbocycles. The molecule has 0 aliphatic rings. The molecule has 2 aromatic rings.